The van der Waals surface area contributed by atoms with E-state index < -0.39 is 29.9 Å². The summed E-state index contributed by atoms with van der Waals surface area (Å²) >= 11 is 0. The third-order valence-corrected chi connectivity index (χ3v) is 4.15. The molecule has 1 heterocycles. The van der Waals surface area contributed by atoms with Crippen LogP contribution in [0.15, 0.2) is 24.3 Å². The van der Waals surface area contributed by atoms with Crippen molar-refractivity contribution in [3.05, 3.63) is 24.3 Å². The van der Waals surface area contributed by atoms with Crippen molar-refractivity contribution in [1.82, 2.24) is 10.6 Å². The number of ether oxygens (including phenoxy) is 2. The van der Waals surface area contributed by atoms with Crippen LogP contribution in [0.5, 0.6) is 5.75 Å². The molecule has 0 radical (unpaired) electrons. The second-order valence-corrected chi connectivity index (χ2v) is 6.26. The van der Waals surface area contributed by atoms with Crippen LogP contribution in [-0.2, 0) is 19.1 Å². The van der Waals surface area contributed by atoms with Gasteiger partial charge in [0.1, 0.15) is 5.75 Å². The number of anilines is 1. The molecule has 2 unspecified atom stereocenters. The number of benzene rings is 1. The first-order valence-corrected chi connectivity index (χ1v) is 9.18. The van der Waals surface area contributed by atoms with Crippen LogP contribution in [0.4, 0.5) is 10.5 Å². The molecule has 1 fully saturated rings. The van der Waals surface area contributed by atoms with E-state index >= 15 is 0 Å². The molecule has 1 aliphatic heterocycles. The van der Waals surface area contributed by atoms with Crippen LogP contribution < -0.4 is 20.3 Å². The molecular formula is C19H25N3O6. The van der Waals surface area contributed by atoms with Gasteiger partial charge in [-0.05, 0) is 45.0 Å². The number of nitrogens with one attached hydrogen (secondary N) is 2. The van der Waals surface area contributed by atoms with Crippen molar-refractivity contribution in [3.8, 4) is 5.75 Å². The molecule has 28 heavy (non-hydrogen) atoms. The second kappa shape index (κ2) is 9.72. The molecule has 9 nitrogen and oxygen atoms in total. The quantitative estimate of drug-likeness (QED) is 0.676. The van der Waals surface area contributed by atoms with E-state index in [9.17, 15) is 19.2 Å². The van der Waals surface area contributed by atoms with Crippen molar-refractivity contribution in [2.75, 3.05) is 24.6 Å². The van der Waals surface area contributed by atoms with E-state index in [2.05, 4.69) is 10.6 Å². The van der Waals surface area contributed by atoms with Gasteiger partial charge in [-0.3, -0.25) is 19.7 Å². The Hall–Kier alpha value is -3.10. The van der Waals surface area contributed by atoms with Gasteiger partial charge in [0, 0.05) is 25.2 Å². The minimum absolute atomic E-state index is 0.00327. The Labute approximate surface area is 163 Å². The van der Waals surface area contributed by atoms with E-state index in [0.29, 0.717) is 24.6 Å². The van der Waals surface area contributed by atoms with Crippen LogP contribution in [-0.4, -0.2) is 49.6 Å². The molecule has 2 N–H and O–H groups in total. The van der Waals surface area contributed by atoms with Gasteiger partial charge in [-0.1, -0.05) is 0 Å². The lowest BCUT2D eigenvalue weighted by molar-refractivity contribution is -0.158. The zero-order chi connectivity index (χ0) is 20.7. The summed E-state index contributed by atoms with van der Waals surface area (Å²) in [4.78, 5) is 49.4. The van der Waals surface area contributed by atoms with Gasteiger partial charge in [-0.25, -0.2) is 4.79 Å². The lowest BCUT2D eigenvalue weighted by Gasteiger charge is -2.18. The highest BCUT2D eigenvalue weighted by Gasteiger charge is 2.37. The zero-order valence-electron chi connectivity index (χ0n) is 16.2. The average molecular weight is 391 g/mol. The Kier molecular flexibility index (Phi) is 7.36. The van der Waals surface area contributed by atoms with E-state index in [1.165, 1.54) is 11.8 Å². The molecule has 1 aliphatic rings. The average Bonchev–Trinajstić information content (AvgIpc) is 3.04. The molecular weight excluding hydrogens is 366 g/mol. The number of carbonyl (C=O) groups excluding carboxylic acids is 4. The van der Waals surface area contributed by atoms with E-state index in [-0.39, 0.29) is 18.9 Å². The minimum Gasteiger partial charge on any atom is -0.494 e. The Bertz CT molecular complexity index is 734. The molecule has 0 aromatic heterocycles. The number of urea groups is 1. The number of amides is 4. The number of hydrogen-bond donors (Lipinski definition) is 2. The van der Waals surface area contributed by atoms with Crippen LogP contribution in [0.1, 0.15) is 27.2 Å². The molecule has 1 aromatic rings. The van der Waals surface area contributed by atoms with Gasteiger partial charge >= 0.3 is 12.0 Å². The SMILES string of the molecule is CCNC(=O)NC(=O)C(C)OC(=O)C1CC(=O)N(c2ccc(OCC)cc2)C1. The van der Waals surface area contributed by atoms with Gasteiger partial charge in [-0.15, -0.1) is 0 Å². The van der Waals surface area contributed by atoms with Gasteiger partial charge in [0.15, 0.2) is 6.10 Å². The fraction of sp³-hybridized carbons (Fsp3) is 0.474. The summed E-state index contributed by atoms with van der Waals surface area (Å²) in [6.45, 7) is 6.02. The minimum atomic E-state index is -1.15. The van der Waals surface area contributed by atoms with Gasteiger partial charge in [0.25, 0.3) is 5.91 Å². The summed E-state index contributed by atoms with van der Waals surface area (Å²) < 4.78 is 10.5. The van der Waals surface area contributed by atoms with Crippen molar-refractivity contribution in [3.63, 3.8) is 0 Å². The Balaban J connectivity index is 1.92. The normalized spacial score (nSPS) is 17.0. The fourth-order valence-corrected chi connectivity index (χ4v) is 2.75. The van der Waals surface area contributed by atoms with Crippen LogP contribution in [0, 0.1) is 5.92 Å². The van der Waals surface area contributed by atoms with E-state index in [1.54, 1.807) is 31.2 Å². The summed E-state index contributed by atoms with van der Waals surface area (Å²) in [5.41, 5.74) is 0.658. The number of hydrogen-bond acceptors (Lipinski definition) is 6. The number of carbonyl (C=O) groups is 4. The number of rotatable bonds is 7. The number of imide groups is 1. The maximum absolute atomic E-state index is 12.3. The van der Waals surface area contributed by atoms with Crippen LogP contribution in [0.2, 0.25) is 0 Å². The molecule has 4 amide bonds. The first kappa shape index (κ1) is 21.2. The summed E-state index contributed by atoms with van der Waals surface area (Å²) in [6, 6.07) is 6.35. The summed E-state index contributed by atoms with van der Waals surface area (Å²) in [5.74, 6) is -1.57. The lowest BCUT2D eigenvalue weighted by Crippen LogP contribution is -2.45. The summed E-state index contributed by atoms with van der Waals surface area (Å²) in [7, 11) is 0. The van der Waals surface area contributed by atoms with Crippen LogP contribution >= 0.6 is 0 Å². The van der Waals surface area contributed by atoms with E-state index in [4.69, 9.17) is 9.47 Å². The topological polar surface area (TPSA) is 114 Å². The highest BCUT2D eigenvalue weighted by molar-refractivity contribution is 6.00. The lowest BCUT2D eigenvalue weighted by atomic mass is 10.1. The largest absolute Gasteiger partial charge is 0.494 e. The smallest absolute Gasteiger partial charge is 0.321 e. The van der Waals surface area contributed by atoms with Crippen molar-refractivity contribution in [1.29, 1.82) is 0 Å². The highest BCUT2D eigenvalue weighted by Crippen LogP contribution is 2.27. The van der Waals surface area contributed by atoms with Crippen LogP contribution in [0.25, 0.3) is 0 Å². The number of nitrogens with zero attached hydrogens (tertiary/aromatic N) is 1. The van der Waals surface area contributed by atoms with Gasteiger partial charge in [0.2, 0.25) is 5.91 Å². The van der Waals surface area contributed by atoms with Crippen molar-refractivity contribution < 1.29 is 28.7 Å². The molecule has 152 valence electrons. The molecule has 0 bridgehead atoms. The first-order chi connectivity index (χ1) is 13.3. The molecule has 0 saturated carbocycles. The van der Waals surface area contributed by atoms with Crippen molar-refractivity contribution in [2.24, 2.45) is 5.92 Å². The highest BCUT2D eigenvalue weighted by atomic mass is 16.5. The molecule has 1 saturated heterocycles. The fourth-order valence-electron chi connectivity index (χ4n) is 2.75. The molecule has 2 rings (SSSR count). The third kappa shape index (κ3) is 5.45. The summed E-state index contributed by atoms with van der Waals surface area (Å²) in [6.07, 6.45) is -1.15. The zero-order valence-corrected chi connectivity index (χ0v) is 16.2. The Morgan fingerprint density at radius 1 is 1.21 bits per heavy atom. The Morgan fingerprint density at radius 2 is 1.89 bits per heavy atom. The van der Waals surface area contributed by atoms with Crippen molar-refractivity contribution in [2.45, 2.75) is 33.3 Å². The monoisotopic (exact) mass is 391 g/mol. The van der Waals surface area contributed by atoms with Gasteiger partial charge in [0.05, 0.1) is 12.5 Å². The molecule has 0 spiro atoms. The van der Waals surface area contributed by atoms with Gasteiger partial charge in [-0.2, -0.15) is 0 Å². The van der Waals surface area contributed by atoms with Crippen LogP contribution in [0.3, 0.4) is 0 Å². The molecule has 2 atom stereocenters. The van der Waals surface area contributed by atoms with E-state index in [1.807, 2.05) is 6.92 Å². The second-order valence-electron chi connectivity index (χ2n) is 6.26. The van der Waals surface area contributed by atoms with Gasteiger partial charge < -0.3 is 19.7 Å². The molecule has 1 aromatic carbocycles. The summed E-state index contributed by atoms with van der Waals surface area (Å²) in [5, 5.41) is 4.49. The Morgan fingerprint density at radius 3 is 2.50 bits per heavy atom. The number of esters is 1. The maximum Gasteiger partial charge on any atom is 0.321 e. The van der Waals surface area contributed by atoms with E-state index in [0.717, 1.165) is 0 Å². The first-order valence-electron chi connectivity index (χ1n) is 9.18. The standard InChI is InChI=1S/C19H25N3O6/c1-4-20-19(26)21-17(24)12(3)28-18(25)13-10-16(23)22(11-13)14-6-8-15(9-7-14)27-5-2/h6-9,12-13H,4-5,10-11H2,1-3H3,(H2,20,21,24,26). The maximum atomic E-state index is 12.3. The third-order valence-electron chi connectivity index (χ3n) is 4.15. The predicted molar refractivity (Wildman–Crippen MR) is 101 cm³/mol. The molecule has 9 heteroatoms. The van der Waals surface area contributed by atoms with Crippen molar-refractivity contribution >= 4 is 29.5 Å². The molecule has 0 aliphatic carbocycles. The predicted octanol–water partition coefficient (Wildman–Crippen LogP) is 1.22.